The van der Waals surface area contributed by atoms with E-state index in [1.54, 1.807) is 6.33 Å². The molecule has 0 bridgehead atoms. The van der Waals surface area contributed by atoms with Crippen LogP contribution in [0.25, 0.3) is 0 Å². The summed E-state index contributed by atoms with van der Waals surface area (Å²) in [6, 6.07) is 10.4. The van der Waals surface area contributed by atoms with Gasteiger partial charge >= 0.3 is 0 Å². The normalized spacial score (nSPS) is 17.6. The van der Waals surface area contributed by atoms with Crippen molar-refractivity contribution in [2.24, 2.45) is 0 Å². The van der Waals surface area contributed by atoms with Gasteiger partial charge in [0.05, 0.1) is 11.6 Å². The third-order valence-electron chi connectivity index (χ3n) is 3.95. The standard InChI is InChI=1S/C17H18BrN5/c1-12-5-17(21-11-20-12)22-15-3-2-4-23(10-15)16-7-13(9-19)6-14(18)8-16/h5-8,11,15H,2-4,10H2,1H3,(H,20,21,22). The van der Waals surface area contributed by atoms with Gasteiger partial charge in [-0.25, -0.2) is 9.97 Å². The number of hydrogen-bond donors (Lipinski definition) is 1. The Balaban J connectivity index is 1.73. The lowest BCUT2D eigenvalue weighted by Crippen LogP contribution is -2.42. The molecule has 0 aliphatic carbocycles. The number of nitriles is 1. The van der Waals surface area contributed by atoms with Gasteiger partial charge in [0.25, 0.3) is 0 Å². The number of nitrogens with one attached hydrogen (secondary N) is 1. The van der Waals surface area contributed by atoms with E-state index in [2.05, 4.69) is 48.3 Å². The van der Waals surface area contributed by atoms with E-state index in [1.807, 2.05) is 25.1 Å². The monoisotopic (exact) mass is 371 g/mol. The van der Waals surface area contributed by atoms with Crippen LogP contribution in [0.1, 0.15) is 24.1 Å². The molecule has 5 nitrogen and oxygen atoms in total. The van der Waals surface area contributed by atoms with Crippen LogP contribution >= 0.6 is 15.9 Å². The molecule has 2 heterocycles. The lowest BCUT2D eigenvalue weighted by atomic mass is 10.0. The van der Waals surface area contributed by atoms with Gasteiger partial charge in [-0.1, -0.05) is 15.9 Å². The van der Waals surface area contributed by atoms with Crippen molar-refractivity contribution in [2.45, 2.75) is 25.8 Å². The number of aryl methyl sites for hydroxylation is 1. The third kappa shape index (κ3) is 3.99. The van der Waals surface area contributed by atoms with E-state index in [9.17, 15) is 0 Å². The number of hydrogen-bond acceptors (Lipinski definition) is 5. The molecule has 1 fully saturated rings. The molecule has 23 heavy (non-hydrogen) atoms. The zero-order valence-corrected chi connectivity index (χ0v) is 14.5. The lowest BCUT2D eigenvalue weighted by molar-refractivity contribution is 0.529. The highest BCUT2D eigenvalue weighted by molar-refractivity contribution is 9.10. The van der Waals surface area contributed by atoms with Crippen LogP contribution in [0.5, 0.6) is 0 Å². The van der Waals surface area contributed by atoms with E-state index in [4.69, 9.17) is 5.26 Å². The Morgan fingerprint density at radius 3 is 2.96 bits per heavy atom. The predicted octanol–water partition coefficient (Wildman–Crippen LogP) is 3.50. The topological polar surface area (TPSA) is 64.8 Å². The van der Waals surface area contributed by atoms with E-state index in [0.717, 1.165) is 47.6 Å². The van der Waals surface area contributed by atoms with E-state index in [-0.39, 0.29) is 0 Å². The van der Waals surface area contributed by atoms with Crippen LogP contribution in [0.15, 0.2) is 35.1 Å². The summed E-state index contributed by atoms with van der Waals surface area (Å²) in [5.41, 5.74) is 2.72. The fourth-order valence-electron chi connectivity index (χ4n) is 2.89. The zero-order valence-electron chi connectivity index (χ0n) is 13.0. The molecule has 0 spiro atoms. The minimum Gasteiger partial charge on any atom is -0.369 e. The highest BCUT2D eigenvalue weighted by Crippen LogP contribution is 2.26. The molecule has 1 aromatic carbocycles. The van der Waals surface area contributed by atoms with Crippen LogP contribution < -0.4 is 10.2 Å². The van der Waals surface area contributed by atoms with Crippen molar-refractivity contribution in [2.75, 3.05) is 23.3 Å². The molecule has 6 heteroatoms. The highest BCUT2D eigenvalue weighted by atomic mass is 79.9. The smallest absolute Gasteiger partial charge is 0.129 e. The third-order valence-corrected chi connectivity index (χ3v) is 4.41. The van der Waals surface area contributed by atoms with Gasteiger partial charge in [-0.15, -0.1) is 0 Å². The second-order valence-corrected chi connectivity index (χ2v) is 6.70. The predicted molar refractivity (Wildman–Crippen MR) is 94.5 cm³/mol. The SMILES string of the molecule is Cc1cc(NC2CCCN(c3cc(Br)cc(C#N)c3)C2)ncn1. The second-order valence-electron chi connectivity index (χ2n) is 5.78. The molecule has 1 N–H and O–H groups in total. The maximum absolute atomic E-state index is 9.14. The van der Waals surface area contributed by atoms with Crippen LogP contribution in [-0.4, -0.2) is 29.1 Å². The van der Waals surface area contributed by atoms with Gasteiger partial charge in [-0.3, -0.25) is 0 Å². The fraction of sp³-hybridized carbons (Fsp3) is 0.353. The summed E-state index contributed by atoms with van der Waals surface area (Å²) < 4.78 is 0.938. The van der Waals surface area contributed by atoms with E-state index in [1.165, 1.54) is 0 Å². The van der Waals surface area contributed by atoms with E-state index < -0.39 is 0 Å². The lowest BCUT2D eigenvalue weighted by Gasteiger charge is -2.35. The Hall–Kier alpha value is -2.13. The summed E-state index contributed by atoms with van der Waals surface area (Å²) in [5, 5.41) is 12.6. The molecule has 1 aliphatic rings. The maximum Gasteiger partial charge on any atom is 0.129 e. The molecule has 1 atom stereocenters. The number of nitrogens with zero attached hydrogens (tertiary/aromatic N) is 4. The first-order valence-electron chi connectivity index (χ1n) is 7.65. The molecule has 0 amide bonds. The van der Waals surface area contributed by atoms with Crippen LogP contribution in [0.4, 0.5) is 11.5 Å². The maximum atomic E-state index is 9.14. The first-order chi connectivity index (χ1) is 11.1. The Morgan fingerprint density at radius 1 is 1.30 bits per heavy atom. The van der Waals surface area contributed by atoms with E-state index in [0.29, 0.717) is 11.6 Å². The molecular formula is C17H18BrN5. The summed E-state index contributed by atoms with van der Waals surface area (Å²) in [6.45, 7) is 3.86. The van der Waals surface area contributed by atoms with Gasteiger partial charge in [0.2, 0.25) is 0 Å². The Morgan fingerprint density at radius 2 is 2.17 bits per heavy atom. The fourth-order valence-corrected chi connectivity index (χ4v) is 3.37. The van der Waals surface area contributed by atoms with Gasteiger partial charge in [0.15, 0.2) is 0 Å². The minimum atomic E-state index is 0.336. The average molecular weight is 372 g/mol. The van der Waals surface area contributed by atoms with Crippen molar-refractivity contribution in [3.8, 4) is 6.07 Å². The van der Waals surface area contributed by atoms with Gasteiger partial charge < -0.3 is 10.2 Å². The Bertz CT molecular complexity index is 740. The number of halogens is 1. The van der Waals surface area contributed by atoms with Crippen LogP contribution in [0, 0.1) is 18.3 Å². The quantitative estimate of drug-likeness (QED) is 0.894. The summed E-state index contributed by atoms with van der Waals surface area (Å²) in [7, 11) is 0. The first-order valence-corrected chi connectivity index (χ1v) is 8.44. The van der Waals surface area contributed by atoms with Gasteiger partial charge in [0.1, 0.15) is 12.1 Å². The molecule has 2 aromatic rings. The second kappa shape index (κ2) is 6.97. The number of aromatic nitrogens is 2. The number of piperidine rings is 1. The van der Waals surface area contributed by atoms with Crippen molar-refractivity contribution >= 4 is 27.4 Å². The van der Waals surface area contributed by atoms with Crippen molar-refractivity contribution in [1.29, 1.82) is 5.26 Å². The molecule has 1 saturated heterocycles. The van der Waals surface area contributed by atoms with E-state index >= 15 is 0 Å². The van der Waals surface area contributed by atoms with Crippen molar-refractivity contribution in [3.05, 3.63) is 46.3 Å². The molecule has 3 rings (SSSR count). The summed E-state index contributed by atoms with van der Waals surface area (Å²) in [5.74, 6) is 0.872. The van der Waals surface area contributed by atoms with Gasteiger partial charge in [0, 0.05) is 41.1 Å². The number of rotatable bonds is 3. The van der Waals surface area contributed by atoms with Crippen LogP contribution in [-0.2, 0) is 0 Å². The largest absolute Gasteiger partial charge is 0.369 e. The van der Waals surface area contributed by atoms with Gasteiger partial charge in [-0.2, -0.15) is 5.26 Å². The Kier molecular flexibility index (Phi) is 4.77. The molecule has 1 aliphatic heterocycles. The summed E-state index contributed by atoms with van der Waals surface area (Å²) in [6.07, 6.45) is 3.81. The van der Waals surface area contributed by atoms with Crippen LogP contribution in [0.2, 0.25) is 0 Å². The Labute approximate surface area is 144 Å². The van der Waals surface area contributed by atoms with Crippen molar-refractivity contribution < 1.29 is 0 Å². The summed E-state index contributed by atoms with van der Waals surface area (Å²) in [4.78, 5) is 10.7. The zero-order chi connectivity index (χ0) is 16.2. The number of anilines is 2. The minimum absolute atomic E-state index is 0.336. The summed E-state index contributed by atoms with van der Waals surface area (Å²) >= 11 is 3.49. The molecule has 1 aromatic heterocycles. The van der Waals surface area contributed by atoms with Crippen LogP contribution in [0.3, 0.4) is 0 Å². The molecule has 1 unspecified atom stereocenters. The van der Waals surface area contributed by atoms with Crippen molar-refractivity contribution in [1.82, 2.24) is 9.97 Å². The molecular weight excluding hydrogens is 354 g/mol. The number of benzene rings is 1. The first kappa shape index (κ1) is 15.8. The van der Waals surface area contributed by atoms with Crippen molar-refractivity contribution in [3.63, 3.8) is 0 Å². The molecule has 118 valence electrons. The van der Waals surface area contributed by atoms with Gasteiger partial charge in [-0.05, 0) is 38.0 Å². The molecule has 0 saturated carbocycles. The molecule has 0 radical (unpaired) electrons. The average Bonchev–Trinajstić information content (AvgIpc) is 2.54. The highest BCUT2D eigenvalue weighted by Gasteiger charge is 2.21.